The summed E-state index contributed by atoms with van der Waals surface area (Å²) in [6.45, 7) is 23.2. The molecule has 178 valence electrons. The van der Waals surface area contributed by atoms with Gasteiger partial charge in [-0.3, -0.25) is 5.32 Å². The molecule has 1 aromatic heterocycles. The van der Waals surface area contributed by atoms with E-state index in [-0.39, 0.29) is 17.2 Å². The smallest absolute Gasteiger partial charge is 0.413 e. The number of carbonyl (C=O) groups excluding carboxylic acids is 1. The Morgan fingerprint density at radius 3 is 2.39 bits per heavy atom. The quantitative estimate of drug-likeness (QED) is 0.466. The van der Waals surface area contributed by atoms with E-state index in [9.17, 15) is 4.79 Å². The lowest BCUT2D eigenvalue weighted by Crippen LogP contribution is -2.48. The molecule has 31 heavy (non-hydrogen) atoms. The zero-order chi connectivity index (χ0) is 23.8. The van der Waals surface area contributed by atoms with Crippen LogP contribution in [0.1, 0.15) is 74.1 Å². The summed E-state index contributed by atoms with van der Waals surface area (Å²) in [5.41, 5.74) is 0.163. The second kappa shape index (κ2) is 9.09. The average molecular weight is 473 g/mol. The standard InChI is InChI=1S/C22H40N2O5SSi/c1-14(2)21(6,7)31(10,11)29-17(16-12-26-22(8,9)27-16)15-13-30-18(23-15)24-19(25)28-20(3,4)5/h13-14,16-17H,12H2,1-11H3,(H,23,24,25)/t16-,17+/m1/s1. The first-order valence-corrected chi connectivity index (χ1v) is 14.7. The zero-order valence-corrected chi connectivity index (χ0v) is 22.7. The van der Waals surface area contributed by atoms with E-state index in [4.69, 9.17) is 18.6 Å². The minimum absolute atomic E-state index is 0.0356. The van der Waals surface area contributed by atoms with Crippen LogP contribution in [0.25, 0.3) is 0 Å². The second-order valence-corrected chi connectivity index (χ2v) is 16.4. The van der Waals surface area contributed by atoms with Gasteiger partial charge in [0.15, 0.2) is 19.2 Å². The molecule has 2 atom stereocenters. The van der Waals surface area contributed by atoms with Gasteiger partial charge in [-0.05, 0) is 58.7 Å². The zero-order valence-electron chi connectivity index (χ0n) is 20.9. The number of rotatable bonds is 7. The van der Waals surface area contributed by atoms with Crippen LogP contribution in [-0.2, 0) is 18.6 Å². The molecule has 1 fully saturated rings. The maximum absolute atomic E-state index is 12.1. The Morgan fingerprint density at radius 1 is 1.29 bits per heavy atom. The normalized spacial score (nSPS) is 20.7. The first-order valence-electron chi connectivity index (χ1n) is 10.9. The number of nitrogens with one attached hydrogen (secondary N) is 1. The lowest BCUT2D eigenvalue weighted by atomic mass is 9.99. The van der Waals surface area contributed by atoms with Crippen molar-refractivity contribution in [2.45, 2.75) is 104 Å². The van der Waals surface area contributed by atoms with Gasteiger partial charge in [-0.15, -0.1) is 11.3 Å². The Hall–Kier alpha value is -1.00. The molecule has 1 N–H and O–H groups in total. The van der Waals surface area contributed by atoms with Crippen LogP contribution >= 0.6 is 11.3 Å². The summed E-state index contributed by atoms with van der Waals surface area (Å²) in [4.78, 5) is 16.8. The molecule has 0 aliphatic carbocycles. The molecule has 0 bridgehead atoms. The van der Waals surface area contributed by atoms with Crippen LogP contribution in [-0.4, -0.2) is 43.5 Å². The maximum atomic E-state index is 12.1. The highest BCUT2D eigenvalue weighted by Crippen LogP contribution is 2.48. The highest BCUT2D eigenvalue weighted by atomic mass is 32.1. The Labute approximate surface area is 192 Å². The molecule has 1 aliphatic heterocycles. The molecular weight excluding hydrogens is 432 g/mol. The van der Waals surface area contributed by atoms with E-state index in [1.165, 1.54) is 11.3 Å². The number of carbonyl (C=O) groups is 1. The van der Waals surface area contributed by atoms with E-state index in [0.29, 0.717) is 17.7 Å². The summed E-state index contributed by atoms with van der Waals surface area (Å²) < 4.78 is 24.2. The largest absolute Gasteiger partial charge is 0.444 e. The van der Waals surface area contributed by atoms with Crippen LogP contribution in [0, 0.1) is 5.92 Å². The Bertz CT molecular complexity index is 770. The molecule has 0 radical (unpaired) electrons. The van der Waals surface area contributed by atoms with Crippen molar-refractivity contribution < 1.29 is 23.4 Å². The van der Waals surface area contributed by atoms with Crippen molar-refractivity contribution in [3.05, 3.63) is 11.1 Å². The van der Waals surface area contributed by atoms with Crippen LogP contribution in [0.3, 0.4) is 0 Å². The molecular formula is C22H40N2O5SSi. The molecule has 0 saturated carbocycles. The van der Waals surface area contributed by atoms with Crippen molar-refractivity contribution in [1.82, 2.24) is 4.98 Å². The highest BCUT2D eigenvalue weighted by Gasteiger charge is 2.48. The number of hydrogen-bond donors (Lipinski definition) is 1. The third-order valence-electron chi connectivity index (χ3n) is 6.21. The van der Waals surface area contributed by atoms with Crippen LogP contribution < -0.4 is 5.32 Å². The molecule has 9 heteroatoms. The fraction of sp³-hybridized carbons (Fsp3) is 0.818. The third kappa shape index (κ3) is 6.74. The lowest BCUT2D eigenvalue weighted by Gasteiger charge is -2.45. The molecule has 7 nitrogen and oxygen atoms in total. The first-order chi connectivity index (χ1) is 13.9. The molecule has 0 spiro atoms. The van der Waals surface area contributed by atoms with Gasteiger partial charge in [0.05, 0.1) is 12.3 Å². The van der Waals surface area contributed by atoms with E-state index < -0.39 is 25.8 Å². The van der Waals surface area contributed by atoms with Gasteiger partial charge in [0.2, 0.25) is 0 Å². The van der Waals surface area contributed by atoms with E-state index >= 15 is 0 Å². The highest BCUT2D eigenvalue weighted by molar-refractivity contribution is 7.13. The minimum Gasteiger partial charge on any atom is -0.444 e. The molecule has 2 heterocycles. The van der Waals surface area contributed by atoms with Gasteiger partial charge in [0, 0.05) is 5.38 Å². The summed E-state index contributed by atoms with van der Waals surface area (Å²) in [5, 5.41) is 5.14. The van der Waals surface area contributed by atoms with Crippen LogP contribution in [0.5, 0.6) is 0 Å². The molecule has 1 amide bonds. The van der Waals surface area contributed by atoms with Crippen molar-refractivity contribution >= 4 is 30.9 Å². The first kappa shape index (κ1) is 26.3. The van der Waals surface area contributed by atoms with Crippen LogP contribution in [0.2, 0.25) is 18.1 Å². The summed E-state index contributed by atoms with van der Waals surface area (Å²) in [6.07, 6.45) is -1.18. The fourth-order valence-corrected chi connectivity index (χ4v) is 6.54. The summed E-state index contributed by atoms with van der Waals surface area (Å²) >= 11 is 1.35. The van der Waals surface area contributed by atoms with Gasteiger partial charge in [0.25, 0.3) is 0 Å². The monoisotopic (exact) mass is 472 g/mol. The van der Waals surface area contributed by atoms with E-state index in [2.05, 4.69) is 51.1 Å². The van der Waals surface area contributed by atoms with Gasteiger partial charge in [-0.2, -0.15) is 0 Å². The van der Waals surface area contributed by atoms with Crippen molar-refractivity contribution in [3.63, 3.8) is 0 Å². The predicted octanol–water partition coefficient (Wildman–Crippen LogP) is 6.34. The fourth-order valence-electron chi connectivity index (χ4n) is 3.22. The predicted molar refractivity (Wildman–Crippen MR) is 127 cm³/mol. The van der Waals surface area contributed by atoms with Gasteiger partial charge >= 0.3 is 6.09 Å². The molecule has 1 saturated heterocycles. The van der Waals surface area contributed by atoms with Crippen LogP contribution in [0.4, 0.5) is 9.93 Å². The Kier molecular flexibility index (Phi) is 7.70. The van der Waals surface area contributed by atoms with E-state index in [1.807, 2.05) is 40.0 Å². The van der Waals surface area contributed by atoms with Crippen molar-refractivity contribution in [3.8, 4) is 0 Å². The van der Waals surface area contributed by atoms with Crippen molar-refractivity contribution in [2.24, 2.45) is 5.92 Å². The summed E-state index contributed by atoms with van der Waals surface area (Å²) in [7, 11) is -2.19. The van der Waals surface area contributed by atoms with Crippen LogP contribution in [0.15, 0.2) is 5.38 Å². The van der Waals surface area contributed by atoms with E-state index in [1.54, 1.807) is 0 Å². The number of anilines is 1. The molecule has 0 aromatic carbocycles. The summed E-state index contributed by atoms with van der Waals surface area (Å²) in [5.74, 6) is -0.203. The molecule has 2 rings (SSSR count). The summed E-state index contributed by atoms with van der Waals surface area (Å²) in [6, 6.07) is 0. The topological polar surface area (TPSA) is 78.9 Å². The van der Waals surface area contributed by atoms with Gasteiger partial charge in [-0.25, -0.2) is 9.78 Å². The average Bonchev–Trinajstić information content (AvgIpc) is 3.16. The SMILES string of the molecule is CC(C)C(C)(C)[Si](C)(C)O[C@@H](c1csc(NC(=O)OC(C)(C)C)n1)[C@H]1COC(C)(C)O1. The Balaban J connectivity index is 2.28. The number of amides is 1. The van der Waals surface area contributed by atoms with Crippen molar-refractivity contribution in [1.29, 1.82) is 0 Å². The Morgan fingerprint density at radius 2 is 1.90 bits per heavy atom. The second-order valence-electron chi connectivity index (χ2n) is 11.0. The van der Waals surface area contributed by atoms with Crippen molar-refractivity contribution in [2.75, 3.05) is 11.9 Å². The van der Waals surface area contributed by atoms with E-state index in [0.717, 1.165) is 5.69 Å². The van der Waals surface area contributed by atoms with Gasteiger partial charge in [0.1, 0.15) is 17.8 Å². The minimum atomic E-state index is -2.19. The molecule has 1 aliphatic rings. The lowest BCUT2D eigenvalue weighted by molar-refractivity contribution is -0.150. The maximum Gasteiger partial charge on any atom is 0.413 e. The third-order valence-corrected chi connectivity index (χ3v) is 11.5. The van der Waals surface area contributed by atoms with Gasteiger partial charge in [-0.1, -0.05) is 27.7 Å². The number of thiazole rings is 1. The van der Waals surface area contributed by atoms with Gasteiger partial charge < -0.3 is 18.6 Å². The number of nitrogens with zero attached hydrogens (tertiary/aromatic N) is 1. The number of hydrogen-bond acceptors (Lipinski definition) is 7. The number of aromatic nitrogens is 1. The molecule has 1 aromatic rings. The number of ether oxygens (including phenoxy) is 3. The molecule has 0 unspecified atom stereocenters.